The van der Waals surface area contributed by atoms with E-state index in [9.17, 15) is 13.2 Å². The Kier molecular flexibility index (Phi) is 4.31. The smallest absolute Gasteiger partial charge is 0.229 e. The van der Waals surface area contributed by atoms with Crippen LogP contribution in [0.5, 0.6) is 0 Å². The number of hydrogen-bond acceptors (Lipinski definition) is 4. The average Bonchev–Trinajstić information content (AvgIpc) is 2.84. The first kappa shape index (κ1) is 16.5. The van der Waals surface area contributed by atoms with Crippen molar-refractivity contribution in [2.75, 3.05) is 16.3 Å². The van der Waals surface area contributed by atoms with Crippen LogP contribution in [0.2, 0.25) is 0 Å². The van der Waals surface area contributed by atoms with Crippen molar-refractivity contribution >= 4 is 27.3 Å². The summed E-state index contributed by atoms with van der Waals surface area (Å²) in [7, 11) is -3.35. The first-order valence-electron chi connectivity index (χ1n) is 7.73. The fourth-order valence-corrected chi connectivity index (χ4v) is 3.52. The molecule has 2 aromatic rings. The number of fused-ring (bicyclic) bond motifs is 1. The molecule has 1 heterocycles. The van der Waals surface area contributed by atoms with Crippen molar-refractivity contribution in [3.63, 3.8) is 0 Å². The van der Waals surface area contributed by atoms with Crippen molar-refractivity contribution in [3.05, 3.63) is 41.5 Å². The Morgan fingerprint density at radius 1 is 1.33 bits per heavy atom. The van der Waals surface area contributed by atoms with Gasteiger partial charge in [-0.3, -0.25) is 9.52 Å². The van der Waals surface area contributed by atoms with Gasteiger partial charge in [-0.1, -0.05) is 6.07 Å². The largest absolute Gasteiger partial charge is 0.346 e. The molecule has 1 aromatic carbocycles. The summed E-state index contributed by atoms with van der Waals surface area (Å²) in [6, 6.07) is 6.67. The second-order valence-corrected chi connectivity index (χ2v) is 7.88. The first-order valence-corrected chi connectivity index (χ1v) is 9.62. The van der Waals surface area contributed by atoms with E-state index < -0.39 is 10.0 Å². The van der Waals surface area contributed by atoms with E-state index in [1.807, 2.05) is 6.92 Å². The van der Waals surface area contributed by atoms with E-state index in [0.29, 0.717) is 17.8 Å². The third-order valence-corrected chi connectivity index (χ3v) is 4.57. The quantitative estimate of drug-likeness (QED) is 0.784. The summed E-state index contributed by atoms with van der Waals surface area (Å²) in [5, 5.41) is 2.87. The Morgan fingerprint density at radius 3 is 2.83 bits per heavy atom. The highest BCUT2D eigenvalue weighted by Gasteiger charge is 2.26. The van der Waals surface area contributed by atoms with Crippen LogP contribution in [0.4, 0.5) is 11.4 Å². The molecular weight excluding hydrogens is 328 g/mol. The van der Waals surface area contributed by atoms with Gasteiger partial charge < -0.3 is 10.3 Å². The maximum absolute atomic E-state index is 12.5. The number of hydrogen-bond donors (Lipinski definition) is 3. The number of nitrogens with one attached hydrogen (secondary N) is 3. The minimum atomic E-state index is -3.35. The molecular formula is C16H20N4O3S. The maximum Gasteiger partial charge on any atom is 0.229 e. The Balaban J connectivity index is 1.68. The molecule has 128 valence electrons. The van der Waals surface area contributed by atoms with Crippen LogP contribution in [0.3, 0.4) is 0 Å². The molecule has 0 aliphatic heterocycles. The Hall–Kier alpha value is -2.35. The minimum absolute atomic E-state index is 0.0654. The van der Waals surface area contributed by atoms with Gasteiger partial charge in [-0.25, -0.2) is 13.4 Å². The van der Waals surface area contributed by atoms with Crippen LogP contribution < -0.4 is 10.0 Å². The van der Waals surface area contributed by atoms with E-state index in [4.69, 9.17) is 0 Å². The van der Waals surface area contributed by atoms with Crippen molar-refractivity contribution in [3.8, 4) is 0 Å². The van der Waals surface area contributed by atoms with Crippen molar-refractivity contribution in [1.82, 2.24) is 9.97 Å². The van der Waals surface area contributed by atoms with Gasteiger partial charge in [-0.05, 0) is 38.0 Å². The molecule has 1 aliphatic carbocycles. The second kappa shape index (κ2) is 6.27. The van der Waals surface area contributed by atoms with Crippen molar-refractivity contribution in [2.45, 2.75) is 26.2 Å². The van der Waals surface area contributed by atoms with E-state index in [1.54, 1.807) is 24.3 Å². The van der Waals surface area contributed by atoms with E-state index in [0.717, 1.165) is 36.3 Å². The van der Waals surface area contributed by atoms with Gasteiger partial charge in [0.15, 0.2) is 0 Å². The van der Waals surface area contributed by atoms with Gasteiger partial charge in [0.25, 0.3) is 0 Å². The van der Waals surface area contributed by atoms with Crippen molar-refractivity contribution in [2.24, 2.45) is 5.92 Å². The van der Waals surface area contributed by atoms with Crippen LogP contribution in [0.15, 0.2) is 24.3 Å². The standard InChI is InChI=1S/C16H20N4O3S/c1-10-17-14-7-6-11(8-15(14)18-10)16(21)19-12-4-3-5-13(9-12)20-24(2,22)23/h3-5,9,11,20H,6-8H2,1-2H3,(H,17,18)(H,19,21). The number of amides is 1. The first-order chi connectivity index (χ1) is 11.3. The van der Waals surface area contributed by atoms with Gasteiger partial charge in [0.2, 0.25) is 15.9 Å². The summed E-state index contributed by atoms with van der Waals surface area (Å²) in [6.45, 7) is 1.91. The van der Waals surface area contributed by atoms with Crippen LogP contribution in [0.1, 0.15) is 23.6 Å². The molecule has 1 amide bonds. The van der Waals surface area contributed by atoms with E-state index in [-0.39, 0.29) is 11.8 Å². The minimum Gasteiger partial charge on any atom is -0.346 e. The lowest BCUT2D eigenvalue weighted by Crippen LogP contribution is -2.28. The molecule has 1 unspecified atom stereocenters. The number of carbonyl (C=O) groups excluding carboxylic acids is 1. The summed E-state index contributed by atoms with van der Waals surface area (Å²) in [6.07, 6.45) is 3.27. The van der Waals surface area contributed by atoms with Crippen LogP contribution >= 0.6 is 0 Å². The molecule has 0 saturated heterocycles. The number of carbonyl (C=O) groups is 1. The Labute approximate surface area is 140 Å². The number of aromatic amines is 1. The van der Waals surface area contributed by atoms with Crippen LogP contribution in [-0.2, 0) is 27.7 Å². The molecule has 3 rings (SSSR count). The molecule has 0 radical (unpaired) electrons. The molecule has 1 aromatic heterocycles. The lowest BCUT2D eigenvalue weighted by molar-refractivity contribution is -0.120. The third-order valence-electron chi connectivity index (χ3n) is 3.97. The topological polar surface area (TPSA) is 104 Å². The lowest BCUT2D eigenvalue weighted by Gasteiger charge is -2.20. The van der Waals surface area contributed by atoms with Crippen LogP contribution in [-0.4, -0.2) is 30.5 Å². The number of sulfonamides is 1. The van der Waals surface area contributed by atoms with Crippen molar-refractivity contribution in [1.29, 1.82) is 0 Å². The SMILES string of the molecule is Cc1nc2c([nH]1)CC(C(=O)Nc1cccc(NS(C)(=O)=O)c1)CC2. The molecule has 0 saturated carbocycles. The molecule has 0 bridgehead atoms. The molecule has 7 nitrogen and oxygen atoms in total. The molecule has 3 N–H and O–H groups in total. The number of aromatic nitrogens is 2. The molecule has 1 aliphatic rings. The molecule has 24 heavy (non-hydrogen) atoms. The lowest BCUT2D eigenvalue weighted by atomic mass is 9.89. The number of aryl methyl sites for hydroxylation is 2. The number of rotatable bonds is 4. The third kappa shape index (κ3) is 3.94. The number of nitrogens with zero attached hydrogens (tertiary/aromatic N) is 1. The van der Waals surface area contributed by atoms with Gasteiger partial charge in [-0.2, -0.15) is 0 Å². The van der Waals surface area contributed by atoms with Crippen molar-refractivity contribution < 1.29 is 13.2 Å². The van der Waals surface area contributed by atoms with Crippen LogP contribution in [0, 0.1) is 12.8 Å². The summed E-state index contributed by atoms with van der Waals surface area (Å²) in [5.74, 6) is 0.689. The monoisotopic (exact) mass is 348 g/mol. The highest BCUT2D eigenvalue weighted by atomic mass is 32.2. The van der Waals surface area contributed by atoms with Gasteiger partial charge in [0.1, 0.15) is 5.82 Å². The molecule has 0 fully saturated rings. The fraction of sp³-hybridized carbons (Fsp3) is 0.375. The van der Waals surface area contributed by atoms with Crippen LogP contribution in [0.25, 0.3) is 0 Å². The number of imidazole rings is 1. The van der Waals surface area contributed by atoms with E-state index in [1.165, 1.54) is 0 Å². The summed E-state index contributed by atoms with van der Waals surface area (Å²) >= 11 is 0. The second-order valence-electron chi connectivity index (χ2n) is 6.13. The van der Waals surface area contributed by atoms with Gasteiger partial charge >= 0.3 is 0 Å². The maximum atomic E-state index is 12.5. The molecule has 8 heteroatoms. The average molecular weight is 348 g/mol. The van der Waals surface area contributed by atoms with Gasteiger partial charge in [0.05, 0.1) is 17.6 Å². The Bertz CT molecular complexity index is 873. The van der Waals surface area contributed by atoms with E-state index in [2.05, 4.69) is 20.0 Å². The highest BCUT2D eigenvalue weighted by molar-refractivity contribution is 7.92. The highest BCUT2D eigenvalue weighted by Crippen LogP contribution is 2.25. The summed E-state index contributed by atoms with van der Waals surface area (Å²) < 4.78 is 25.0. The summed E-state index contributed by atoms with van der Waals surface area (Å²) in [5.41, 5.74) is 3.08. The van der Waals surface area contributed by atoms with Gasteiger partial charge in [0, 0.05) is 23.7 Å². The zero-order chi connectivity index (χ0) is 17.3. The van der Waals surface area contributed by atoms with Gasteiger partial charge in [-0.15, -0.1) is 0 Å². The number of anilines is 2. The predicted molar refractivity (Wildman–Crippen MR) is 92.4 cm³/mol. The predicted octanol–water partition coefficient (Wildman–Crippen LogP) is 1.83. The zero-order valence-electron chi connectivity index (χ0n) is 13.6. The Morgan fingerprint density at radius 2 is 2.08 bits per heavy atom. The normalized spacial score (nSPS) is 17.2. The number of benzene rings is 1. The molecule has 0 spiro atoms. The fourth-order valence-electron chi connectivity index (χ4n) is 2.97. The zero-order valence-corrected chi connectivity index (χ0v) is 14.4. The van der Waals surface area contributed by atoms with E-state index >= 15 is 0 Å². The molecule has 1 atom stereocenters. The summed E-state index contributed by atoms with van der Waals surface area (Å²) in [4.78, 5) is 20.1. The number of H-pyrrole nitrogens is 1.